The predicted molar refractivity (Wildman–Crippen MR) is 46.5 cm³/mol. The van der Waals surface area contributed by atoms with E-state index < -0.39 is 0 Å². The van der Waals surface area contributed by atoms with Crippen LogP contribution in [-0.4, -0.2) is 34.7 Å². The number of rotatable bonds is 3. The van der Waals surface area contributed by atoms with Crippen LogP contribution >= 0.6 is 0 Å². The van der Waals surface area contributed by atoms with Crippen molar-refractivity contribution >= 4 is 0 Å². The highest BCUT2D eigenvalue weighted by molar-refractivity contribution is 4.87. The average molecular weight is 157 g/mol. The summed E-state index contributed by atoms with van der Waals surface area (Å²) in [5.74, 6) is 0. The van der Waals surface area contributed by atoms with Crippen LogP contribution in [-0.2, 0) is 0 Å². The molecule has 1 aliphatic rings. The molecule has 1 N–H and O–H groups in total. The van der Waals surface area contributed by atoms with Crippen LogP contribution in [0.5, 0.6) is 0 Å². The number of nitrogens with zero attached hydrogens (tertiary/aromatic N) is 1. The van der Waals surface area contributed by atoms with E-state index in [-0.39, 0.29) is 6.10 Å². The van der Waals surface area contributed by atoms with Gasteiger partial charge in [0.1, 0.15) is 0 Å². The van der Waals surface area contributed by atoms with Gasteiger partial charge in [-0.05, 0) is 26.7 Å². The van der Waals surface area contributed by atoms with Crippen LogP contribution in [0, 0.1) is 0 Å². The lowest BCUT2D eigenvalue weighted by Gasteiger charge is -2.46. The summed E-state index contributed by atoms with van der Waals surface area (Å²) in [4.78, 5) is 2.37. The van der Waals surface area contributed by atoms with Crippen LogP contribution in [0.15, 0.2) is 0 Å². The minimum absolute atomic E-state index is 0.125. The van der Waals surface area contributed by atoms with Gasteiger partial charge in [-0.1, -0.05) is 6.92 Å². The molecular weight excluding hydrogens is 138 g/mol. The summed E-state index contributed by atoms with van der Waals surface area (Å²) in [5, 5.41) is 9.39. The maximum Gasteiger partial charge on any atom is 0.0664 e. The first-order valence-corrected chi connectivity index (χ1v) is 4.59. The molecule has 0 aromatic carbocycles. The molecule has 2 nitrogen and oxygen atoms in total. The normalized spacial score (nSPS) is 34.9. The fourth-order valence-electron chi connectivity index (χ4n) is 1.79. The zero-order valence-corrected chi connectivity index (χ0v) is 7.75. The molecule has 11 heavy (non-hydrogen) atoms. The van der Waals surface area contributed by atoms with Crippen LogP contribution in [0.25, 0.3) is 0 Å². The Hall–Kier alpha value is -0.0800. The molecule has 66 valence electrons. The Labute approximate surface area is 69.2 Å². The van der Waals surface area contributed by atoms with Gasteiger partial charge < -0.3 is 5.11 Å². The fraction of sp³-hybridized carbons (Fsp3) is 1.00. The molecule has 0 amide bonds. The Morgan fingerprint density at radius 1 is 1.45 bits per heavy atom. The van der Waals surface area contributed by atoms with Gasteiger partial charge in [0.2, 0.25) is 0 Å². The fourth-order valence-corrected chi connectivity index (χ4v) is 1.79. The van der Waals surface area contributed by atoms with Crippen molar-refractivity contribution in [3.05, 3.63) is 0 Å². The van der Waals surface area contributed by atoms with E-state index in [9.17, 15) is 5.11 Å². The Kier molecular flexibility index (Phi) is 2.90. The van der Waals surface area contributed by atoms with Crippen molar-refractivity contribution in [3.8, 4) is 0 Å². The number of aliphatic hydroxyl groups excluding tert-OH is 1. The quantitative estimate of drug-likeness (QED) is 0.666. The molecule has 0 saturated carbocycles. The maximum atomic E-state index is 9.39. The van der Waals surface area contributed by atoms with Crippen molar-refractivity contribution < 1.29 is 5.11 Å². The second kappa shape index (κ2) is 3.55. The Bertz CT molecular complexity index is 119. The molecule has 0 aromatic rings. The van der Waals surface area contributed by atoms with Crippen LogP contribution in [0.2, 0.25) is 0 Å². The number of hydrogen-bond donors (Lipinski definition) is 1. The van der Waals surface area contributed by atoms with E-state index in [1.54, 1.807) is 0 Å². The third-order valence-electron chi connectivity index (χ3n) is 2.71. The molecule has 2 heteroatoms. The van der Waals surface area contributed by atoms with Gasteiger partial charge in [0.15, 0.2) is 0 Å². The number of hydrogen-bond acceptors (Lipinski definition) is 2. The average Bonchev–Trinajstić information content (AvgIpc) is 2.00. The largest absolute Gasteiger partial charge is 0.392 e. The lowest BCUT2D eigenvalue weighted by Crippen LogP contribution is -2.55. The first kappa shape index (κ1) is 9.01. The topological polar surface area (TPSA) is 23.5 Å². The number of aliphatic hydroxyl groups is 1. The molecule has 0 aliphatic carbocycles. The van der Waals surface area contributed by atoms with Gasteiger partial charge in [-0.2, -0.15) is 0 Å². The molecule has 0 spiro atoms. The third-order valence-corrected chi connectivity index (χ3v) is 2.71. The van der Waals surface area contributed by atoms with Crippen molar-refractivity contribution in [3.63, 3.8) is 0 Å². The Morgan fingerprint density at radius 3 is 2.36 bits per heavy atom. The standard InChI is InChI=1S/C9H19NO/c1-4-9(11)6-10-7(2)5-8(10)3/h7-9,11H,4-6H2,1-3H3. The highest BCUT2D eigenvalue weighted by Gasteiger charge is 2.32. The Balaban J connectivity index is 2.25. The molecule has 1 aliphatic heterocycles. The molecule has 1 saturated heterocycles. The summed E-state index contributed by atoms with van der Waals surface area (Å²) in [5.41, 5.74) is 0. The van der Waals surface area contributed by atoms with Gasteiger partial charge >= 0.3 is 0 Å². The lowest BCUT2D eigenvalue weighted by atomic mass is 9.95. The minimum Gasteiger partial charge on any atom is -0.392 e. The van der Waals surface area contributed by atoms with E-state index in [0.717, 1.165) is 13.0 Å². The molecule has 1 heterocycles. The van der Waals surface area contributed by atoms with Crippen LogP contribution in [0.1, 0.15) is 33.6 Å². The first-order chi connectivity index (χ1) is 5.15. The molecule has 0 bridgehead atoms. The van der Waals surface area contributed by atoms with Crippen molar-refractivity contribution in [2.75, 3.05) is 6.54 Å². The van der Waals surface area contributed by atoms with Gasteiger partial charge in [0.25, 0.3) is 0 Å². The van der Waals surface area contributed by atoms with E-state index in [2.05, 4.69) is 18.7 Å². The van der Waals surface area contributed by atoms with Gasteiger partial charge in [0, 0.05) is 18.6 Å². The predicted octanol–water partition coefficient (Wildman–Crippen LogP) is 1.24. The van der Waals surface area contributed by atoms with Gasteiger partial charge in [-0.3, -0.25) is 4.90 Å². The highest BCUT2D eigenvalue weighted by atomic mass is 16.3. The third kappa shape index (κ3) is 1.94. The zero-order chi connectivity index (χ0) is 8.43. The van der Waals surface area contributed by atoms with Crippen molar-refractivity contribution in [2.24, 2.45) is 0 Å². The molecule has 0 radical (unpaired) electrons. The SMILES string of the molecule is CCC(O)CN1C(C)CC1C. The molecule has 1 fully saturated rings. The summed E-state index contributed by atoms with van der Waals surface area (Å²) in [6.45, 7) is 7.34. The monoisotopic (exact) mass is 157 g/mol. The highest BCUT2D eigenvalue weighted by Crippen LogP contribution is 2.24. The van der Waals surface area contributed by atoms with Crippen molar-refractivity contribution in [1.29, 1.82) is 0 Å². The van der Waals surface area contributed by atoms with E-state index in [1.165, 1.54) is 6.42 Å². The molecule has 1 rings (SSSR count). The van der Waals surface area contributed by atoms with Crippen LogP contribution in [0.4, 0.5) is 0 Å². The van der Waals surface area contributed by atoms with Crippen LogP contribution < -0.4 is 0 Å². The molecular formula is C9H19NO. The summed E-state index contributed by atoms with van der Waals surface area (Å²) in [6, 6.07) is 1.37. The van der Waals surface area contributed by atoms with Crippen LogP contribution in [0.3, 0.4) is 0 Å². The van der Waals surface area contributed by atoms with E-state index >= 15 is 0 Å². The molecule has 3 unspecified atom stereocenters. The number of β-amino-alcohol motifs (C(OH)–C–C–N with tert-alkyl or cyclic N) is 1. The zero-order valence-electron chi connectivity index (χ0n) is 7.75. The maximum absolute atomic E-state index is 9.39. The summed E-state index contributed by atoms with van der Waals surface area (Å²) in [6.07, 6.45) is 2.03. The minimum atomic E-state index is -0.125. The van der Waals surface area contributed by atoms with E-state index in [0.29, 0.717) is 12.1 Å². The first-order valence-electron chi connectivity index (χ1n) is 4.59. The summed E-state index contributed by atoms with van der Waals surface area (Å²) >= 11 is 0. The molecule has 3 atom stereocenters. The Morgan fingerprint density at radius 2 is 2.00 bits per heavy atom. The summed E-state index contributed by atoms with van der Waals surface area (Å²) in [7, 11) is 0. The van der Waals surface area contributed by atoms with E-state index in [4.69, 9.17) is 0 Å². The molecule has 0 aromatic heterocycles. The van der Waals surface area contributed by atoms with E-state index in [1.807, 2.05) is 6.92 Å². The van der Waals surface area contributed by atoms with Crippen molar-refractivity contribution in [2.45, 2.75) is 51.8 Å². The van der Waals surface area contributed by atoms with Gasteiger partial charge in [-0.25, -0.2) is 0 Å². The van der Waals surface area contributed by atoms with Gasteiger partial charge in [0.05, 0.1) is 6.10 Å². The second-order valence-corrected chi connectivity index (χ2v) is 3.69. The van der Waals surface area contributed by atoms with Crippen molar-refractivity contribution in [1.82, 2.24) is 4.90 Å². The summed E-state index contributed by atoms with van der Waals surface area (Å²) < 4.78 is 0. The lowest BCUT2D eigenvalue weighted by molar-refractivity contribution is -0.00598. The second-order valence-electron chi connectivity index (χ2n) is 3.69. The smallest absolute Gasteiger partial charge is 0.0664 e. The number of likely N-dealkylation sites (tertiary alicyclic amines) is 1. The van der Waals surface area contributed by atoms with Gasteiger partial charge in [-0.15, -0.1) is 0 Å².